The van der Waals surface area contributed by atoms with Crippen LogP contribution in [-0.4, -0.2) is 20.9 Å². The van der Waals surface area contributed by atoms with E-state index in [1.807, 2.05) is 0 Å². The van der Waals surface area contributed by atoms with Gasteiger partial charge in [0.05, 0.1) is 31.3 Å². The molecule has 3 rings (SSSR count). The molecule has 1 N–H and O–H groups in total. The van der Waals surface area contributed by atoms with Crippen molar-refractivity contribution in [3.05, 3.63) is 86.8 Å². The predicted octanol–water partition coefficient (Wildman–Crippen LogP) is 6.13. The lowest BCUT2D eigenvalue weighted by Gasteiger charge is -2.25. The third-order valence-electron chi connectivity index (χ3n) is 4.02. The number of nitrogens with zero attached hydrogens (tertiary/aromatic N) is 1. The van der Waals surface area contributed by atoms with E-state index in [1.165, 1.54) is 30.3 Å². The van der Waals surface area contributed by atoms with E-state index in [9.17, 15) is 13.2 Å². The summed E-state index contributed by atoms with van der Waals surface area (Å²) in [5.41, 5.74) is 0.287. The van der Waals surface area contributed by atoms with Gasteiger partial charge >= 0.3 is 0 Å². The van der Waals surface area contributed by atoms with Crippen LogP contribution < -0.4 is 9.62 Å². The lowest BCUT2D eigenvalue weighted by atomic mass is 10.3. The summed E-state index contributed by atoms with van der Waals surface area (Å²) in [6, 6.07) is 16.7. The Kier molecular flexibility index (Phi) is 7.16. The molecule has 0 fully saturated rings. The van der Waals surface area contributed by atoms with E-state index in [1.54, 1.807) is 36.4 Å². The van der Waals surface area contributed by atoms with E-state index >= 15 is 0 Å². The summed E-state index contributed by atoms with van der Waals surface area (Å²) < 4.78 is 27.5. The van der Waals surface area contributed by atoms with Crippen LogP contribution in [0.15, 0.2) is 71.6 Å². The maximum absolute atomic E-state index is 13.3. The molecule has 0 radical (unpaired) electrons. The average molecular weight is 504 g/mol. The van der Waals surface area contributed by atoms with Crippen LogP contribution in [0.1, 0.15) is 0 Å². The molecule has 1 amide bonds. The number of amides is 1. The fourth-order valence-corrected chi connectivity index (χ4v) is 5.14. The molecule has 0 aliphatic heterocycles. The van der Waals surface area contributed by atoms with E-state index in [-0.39, 0.29) is 31.3 Å². The number of benzene rings is 3. The number of nitrogens with one attached hydrogen (secondary N) is 1. The van der Waals surface area contributed by atoms with E-state index in [4.69, 9.17) is 46.4 Å². The lowest BCUT2D eigenvalue weighted by molar-refractivity contribution is -0.114. The largest absolute Gasteiger partial charge is 0.322 e. The quantitative estimate of drug-likeness (QED) is 0.439. The van der Waals surface area contributed by atoms with Crippen LogP contribution in [0.25, 0.3) is 0 Å². The van der Waals surface area contributed by atoms with E-state index < -0.39 is 22.5 Å². The number of halogens is 4. The molecule has 156 valence electrons. The summed E-state index contributed by atoms with van der Waals surface area (Å²) in [5.74, 6) is -0.657. The van der Waals surface area contributed by atoms with E-state index in [0.29, 0.717) is 5.02 Å². The Bertz CT molecular complexity index is 1170. The molecule has 0 aliphatic rings. The third kappa shape index (κ3) is 5.02. The lowest BCUT2D eigenvalue weighted by Crippen LogP contribution is -2.38. The number of para-hydroxylation sites is 1. The molecule has 0 spiro atoms. The van der Waals surface area contributed by atoms with Crippen molar-refractivity contribution in [1.82, 2.24) is 0 Å². The van der Waals surface area contributed by atoms with Crippen LogP contribution in [0, 0.1) is 0 Å². The molecule has 10 heteroatoms. The summed E-state index contributed by atoms with van der Waals surface area (Å²) in [6.45, 7) is -0.569. The van der Waals surface area contributed by atoms with Crippen LogP contribution in [0.4, 0.5) is 11.4 Å². The molecule has 0 saturated heterocycles. The summed E-state index contributed by atoms with van der Waals surface area (Å²) in [5, 5.41) is 3.40. The number of anilines is 2. The van der Waals surface area contributed by atoms with Crippen molar-refractivity contribution in [2.24, 2.45) is 0 Å². The van der Waals surface area contributed by atoms with Gasteiger partial charge in [0.15, 0.2) is 0 Å². The monoisotopic (exact) mass is 502 g/mol. The van der Waals surface area contributed by atoms with Crippen LogP contribution in [0.5, 0.6) is 0 Å². The molecule has 5 nitrogen and oxygen atoms in total. The highest BCUT2D eigenvalue weighted by atomic mass is 35.5. The topological polar surface area (TPSA) is 66.5 Å². The number of rotatable bonds is 6. The molecule has 3 aromatic carbocycles. The SMILES string of the molecule is O=C(CN(c1ccc(Cl)cc1Cl)S(=O)(=O)c1ccccc1)Nc1c(Cl)cccc1Cl. The van der Waals surface area contributed by atoms with Crippen molar-refractivity contribution in [2.75, 3.05) is 16.2 Å². The Balaban J connectivity index is 2.01. The first kappa shape index (κ1) is 22.7. The fraction of sp³-hybridized carbons (Fsp3) is 0.0500. The number of hydrogen-bond acceptors (Lipinski definition) is 3. The normalized spacial score (nSPS) is 11.2. The van der Waals surface area contributed by atoms with Crippen molar-refractivity contribution in [2.45, 2.75) is 4.90 Å². The maximum atomic E-state index is 13.3. The van der Waals surface area contributed by atoms with Gasteiger partial charge in [0.25, 0.3) is 10.0 Å². The van der Waals surface area contributed by atoms with Gasteiger partial charge in [-0.25, -0.2) is 8.42 Å². The Morgan fingerprint density at radius 2 is 1.47 bits per heavy atom. The van der Waals surface area contributed by atoms with Crippen LogP contribution in [0.2, 0.25) is 20.1 Å². The number of sulfonamides is 1. The summed E-state index contributed by atoms with van der Waals surface area (Å²) in [7, 11) is -4.12. The molecule has 3 aromatic rings. The zero-order valence-corrected chi connectivity index (χ0v) is 19.0. The second-order valence-electron chi connectivity index (χ2n) is 6.07. The van der Waals surface area contributed by atoms with E-state index in [2.05, 4.69) is 5.32 Å². The highest BCUT2D eigenvalue weighted by Gasteiger charge is 2.29. The predicted molar refractivity (Wildman–Crippen MR) is 123 cm³/mol. The minimum atomic E-state index is -4.12. The Morgan fingerprint density at radius 3 is 2.07 bits per heavy atom. The van der Waals surface area contributed by atoms with Gasteiger partial charge in [-0.05, 0) is 42.5 Å². The first-order valence-electron chi connectivity index (χ1n) is 8.47. The van der Waals surface area contributed by atoms with Gasteiger partial charge in [0.1, 0.15) is 6.54 Å². The van der Waals surface area contributed by atoms with Crippen molar-refractivity contribution in [3.63, 3.8) is 0 Å². The molecule has 0 aromatic heterocycles. The fourth-order valence-electron chi connectivity index (χ4n) is 2.63. The van der Waals surface area contributed by atoms with Crippen molar-refractivity contribution < 1.29 is 13.2 Å². The first-order chi connectivity index (χ1) is 14.2. The molecular weight excluding hydrogens is 490 g/mol. The third-order valence-corrected chi connectivity index (χ3v) is 6.97. The van der Waals surface area contributed by atoms with Crippen LogP contribution >= 0.6 is 46.4 Å². The molecular formula is C20H14Cl4N2O3S. The minimum absolute atomic E-state index is 0.000377. The molecule has 0 atom stereocenters. The van der Waals surface area contributed by atoms with Crippen LogP contribution in [-0.2, 0) is 14.8 Å². The standard InChI is InChI=1S/C20H14Cl4N2O3S/c21-13-9-10-18(17(24)11-13)26(30(28,29)14-5-2-1-3-6-14)12-19(27)25-20-15(22)7-4-8-16(20)23/h1-11H,12H2,(H,25,27). The minimum Gasteiger partial charge on any atom is -0.322 e. The summed E-state index contributed by atoms with van der Waals surface area (Å²) in [6.07, 6.45) is 0. The number of hydrogen-bond donors (Lipinski definition) is 1. The Morgan fingerprint density at radius 1 is 0.833 bits per heavy atom. The van der Waals surface area contributed by atoms with Gasteiger partial charge < -0.3 is 5.32 Å². The molecule has 30 heavy (non-hydrogen) atoms. The van der Waals surface area contributed by atoms with Gasteiger partial charge in [0, 0.05) is 5.02 Å². The highest BCUT2D eigenvalue weighted by Crippen LogP contribution is 2.33. The van der Waals surface area contributed by atoms with Crippen molar-refractivity contribution in [3.8, 4) is 0 Å². The van der Waals surface area contributed by atoms with Crippen LogP contribution in [0.3, 0.4) is 0 Å². The first-order valence-corrected chi connectivity index (χ1v) is 11.4. The van der Waals surface area contributed by atoms with Crippen molar-refractivity contribution >= 4 is 73.7 Å². The van der Waals surface area contributed by atoms with E-state index in [0.717, 1.165) is 4.31 Å². The van der Waals surface area contributed by atoms with Gasteiger partial charge in [-0.15, -0.1) is 0 Å². The molecule has 0 aliphatic carbocycles. The Labute approximate surface area is 194 Å². The number of carbonyl (C=O) groups excluding carboxylic acids is 1. The maximum Gasteiger partial charge on any atom is 0.264 e. The summed E-state index contributed by atoms with van der Waals surface area (Å²) in [4.78, 5) is 12.8. The Hall–Kier alpha value is -1.96. The van der Waals surface area contributed by atoms with Gasteiger partial charge in [-0.2, -0.15) is 0 Å². The smallest absolute Gasteiger partial charge is 0.264 e. The highest BCUT2D eigenvalue weighted by molar-refractivity contribution is 7.92. The van der Waals surface area contributed by atoms with Gasteiger partial charge in [-0.3, -0.25) is 9.10 Å². The van der Waals surface area contributed by atoms with Crippen molar-refractivity contribution in [1.29, 1.82) is 0 Å². The molecule has 0 unspecified atom stereocenters. The van der Waals surface area contributed by atoms with Gasteiger partial charge in [-0.1, -0.05) is 70.7 Å². The summed E-state index contributed by atoms with van der Waals surface area (Å²) >= 11 is 24.4. The number of carbonyl (C=O) groups is 1. The molecule has 0 heterocycles. The zero-order valence-electron chi connectivity index (χ0n) is 15.2. The second kappa shape index (κ2) is 9.45. The molecule has 0 saturated carbocycles. The average Bonchev–Trinajstić information content (AvgIpc) is 2.70. The zero-order chi connectivity index (χ0) is 21.9. The second-order valence-corrected chi connectivity index (χ2v) is 9.59. The van der Waals surface area contributed by atoms with Gasteiger partial charge in [0.2, 0.25) is 5.91 Å². The molecule has 0 bridgehead atoms.